The molecule has 0 aromatic carbocycles. The van der Waals surface area contributed by atoms with Crippen molar-refractivity contribution < 1.29 is 4.74 Å². The normalized spacial score (nSPS) is 12.5. The molecular weight excluding hydrogens is 278 g/mol. The monoisotopic (exact) mass is 303 g/mol. The second-order valence-electron chi connectivity index (χ2n) is 5.93. The fourth-order valence-corrected chi connectivity index (χ4v) is 2.44. The summed E-state index contributed by atoms with van der Waals surface area (Å²) in [7, 11) is 1.97. The molecule has 0 aliphatic rings. The van der Waals surface area contributed by atoms with Gasteiger partial charge in [0.2, 0.25) is 5.88 Å². The highest BCUT2D eigenvalue weighted by molar-refractivity contribution is 5.36. The molecule has 1 N–H and O–H groups in total. The Morgan fingerprint density at radius 1 is 1.23 bits per heavy atom. The molecule has 0 saturated carbocycles. The van der Waals surface area contributed by atoms with Gasteiger partial charge in [0.25, 0.3) is 0 Å². The van der Waals surface area contributed by atoms with E-state index in [1.165, 1.54) is 11.3 Å². The second-order valence-corrected chi connectivity index (χ2v) is 5.93. The van der Waals surface area contributed by atoms with Crippen molar-refractivity contribution in [1.29, 1.82) is 0 Å². The van der Waals surface area contributed by atoms with Gasteiger partial charge in [-0.2, -0.15) is 10.1 Å². The zero-order valence-electron chi connectivity index (χ0n) is 14.2. The number of anilines is 1. The van der Waals surface area contributed by atoms with E-state index in [-0.39, 0.29) is 12.1 Å². The highest BCUT2D eigenvalue weighted by Gasteiger charge is 2.13. The first-order chi connectivity index (χ1) is 10.4. The number of aromatic nitrogens is 4. The SMILES string of the molecule is Cc1nn(C)c(C)c1CC(C)Nc1cncc(OC(C)C)n1. The molecule has 0 aliphatic heterocycles. The van der Waals surface area contributed by atoms with E-state index in [0.29, 0.717) is 5.88 Å². The van der Waals surface area contributed by atoms with Crippen molar-refractivity contribution in [3.8, 4) is 5.88 Å². The minimum atomic E-state index is 0.0858. The van der Waals surface area contributed by atoms with Crippen LogP contribution in [0.1, 0.15) is 37.7 Å². The molecule has 0 spiro atoms. The van der Waals surface area contributed by atoms with E-state index >= 15 is 0 Å². The maximum absolute atomic E-state index is 5.57. The van der Waals surface area contributed by atoms with Crippen molar-refractivity contribution in [3.05, 3.63) is 29.3 Å². The second kappa shape index (κ2) is 6.77. The Hall–Kier alpha value is -2.11. The molecule has 0 fully saturated rings. The first kappa shape index (κ1) is 16.3. The Bertz CT molecular complexity index is 635. The molecule has 0 aliphatic carbocycles. The summed E-state index contributed by atoms with van der Waals surface area (Å²) in [6.07, 6.45) is 4.32. The molecule has 0 radical (unpaired) electrons. The van der Waals surface area contributed by atoms with Crippen LogP contribution >= 0.6 is 0 Å². The predicted molar refractivity (Wildman–Crippen MR) is 87.3 cm³/mol. The number of hydrogen-bond acceptors (Lipinski definition) is 5. The Kier molecular flexibility index (Phi) is 5.00. The van der Waals surface area contributed by atoms with Crippen LogP contribution in [0.5, 0.6) is 5.88 Å². The standard InChI is InChI=1S/C16H25N5O/c1-10(2)22-16-9-17-8-15(19-16)18-11(3)7-14-12(4)20-21(6)13(14)5/h8-11H,7H2,1-6H3,(H,18,19). The van der Waals surface area contributed by atoms with E-state index in [2.05, 4.69) is 34.2 Å². The lowest BCUT2D eigenvalue weighted by Crippen LogP contribution is -2.20. The maximum Gasteiger partial charge on any atom is 0.234 e. The molecule has 0 amide bonds. The number of nitrogens with one attached hydrogen (secondary N) is 1. The van der Waals surface area contributed by atoms with Gasteiger partial charge >= 0.3 is 0 Å². The number of hydrogen-bond donors (Lipinski definition) is 1. The van der Waals surface area contributed by atoms with Gasteiger partial charge < -0.3 is 10.1 Å². The first-order valence-electron chi connectivity index (χ1n) is 7.61. The molecule has 0 saturated heterocycles. The van der Waals surface area contributed by atoms with E-state index < -0.39 is 0 Å². The third kappa shape index (κ3) is 3.96. The topological polar surface area (TPSA) is 64.9 Å². The lowest BCUT2D eigenvalue weighted by atomic mass is 10.1. The first-order valence-corrected chi connectivity index (χ1v) is 7.61. The van der Waals surface area contributed by atoms with Gasteiger partial charge in [0.05, 0.1) is 24.2 Å². The van der Waals surface area contributed by atoms with Gasteiger partial charge in [-0.1, -0.05) is 0 Å². The van der Waals surface area contributed by atoms with Gasteiger partial charge in [-0.15, -0.1) is 0 Å². The van der Waals surface area contributed by atoms with Crippen LogP contribution in [0.2, 0.25) is 0 Å². The van der Waals surface area contributed by atoms with Crippen LogP contribution in [0, 0.1) is 13.8 Å². The molecule has 2 heterocycles. The van der Waals surface area contributed by atoms with E-state index in [4.69, 9.17) is 4.74 Å². The smallest absolute Gasteiger partial charge is 0.234 e. The summed E-state index contributed by atoms with van der Waals surface area (Å²) in [6, 6.07) is 0.227. The zero-order valence-corrected chi connectivity index (χ0v) is 14.2. The average molecular weight is 303 g/mol. The molecule has 6 nitrogen and oxygen atoms in total. The quantitative estimate of drug-likeness (QED) is 0.888. The van der Waals surface area contributed by atoms with Crippen molar-refractivity contribution in [3.63, 3.8) is 0 Å². The van der Waals surface area contributed by atoms with Crippen LogP contribution < -0.4 is 10.1 Å². The molecule has 120 valence electrons. The van der Waals surface area contributed by atoms with Crippen molar-refractivity contribution >= 4 is 5.82 Å². The van der Waals surface area contributed by atoms with Crippen LogP contribution in [0.25, 0.3) is 0 Å². The lowest BCUT2D eigenvalue weighted by Gasteiger charge is -2.16. The van der Waals surface area contributed by atoms with Crippen LogP contribution in [0.4, 0.5) is 5.82 Å². The zero-order chi connectivity index (χ0) is 16.3. The minimum Gasteiger partial charge on any atom is -0.474 e. The van der Waals surface area contributed by atoms with Crippen LogP contribution in [-0.4, -0.2) is 31.9 Å². The Balaban J connectivity index is 2.04. The summed E-state index contributed by atoms with van der Waals surface area (Å²) < 4.78 is 7.49. The van der Waals surface area contributed by atoms with Crippen molar-refractivity contribution in [2.24, 2.45) is 7.05 Å². The summed E-state index contributed by atoms with van der Waals surface area (Å²) in [5.41, 5.74) is 3.57. The molecule has 2 rings (SSSR count). The predicted octanol–water partition coefficient (Wildman–Crippen LogP) is 2.66. The van der Waals surface area contributed by atoms with Gasteiger partial charge in [-0.3, -0.25) is 9.67 Å². The number of aryl methyl sites for hydroxylation is 2. The molecule has 1 unspecified atom stereocenters. The summed E-state index contributed by atoms with van der Waals surface area (Å²) in [4.78, 5) is 8.60. The van der Waals surface area contributed by atoms with Gasteiger partial charge in [0.15, 0.2) is 0 Å². The largest absolute Gasteiger partial charge is 0.474 e. The molecule has 22 heavy (non-hydrogen) atoms. The number of nitrogens with zero attached hydrogens (tertiary/aromatic N) is 4. The molecule has 2 aromatic heterocycles. The van der Waals surface area contributed by atoms with Crippen molar-refractivity contribution in [2.45, 2.75) is 53.2 Å². The third-order valence-corrected chi connectivity index (χ3v) is 3.53. The summed E-state index contributed by atoms with van der Waals surface area (Å²) in [5, 5.41) is 7.84. The number of ether oxygens (including phenoxy) is 1. The van der Waals surface area contributed by atoms with Crippen molar-refractivity contribution in [2.75, 3.05) is 5.32 Å². The Morgan fingerprint density at radius 2 is 1.95 bits per heavy atom. The van der Waals surface area contributed by atoms with E-state index in [1.807, 2.05) is 32.5 Å². The van der Waals surface area contributed by atoms with Gasteiger partial charge in [0.1, 0.15) is 5.82 Å². The lowest BCUT2D eigenvalue weighted by molar-refractivity contribution is 0.232. The van der Waals surface area contributed by atoms with Crippen LogP contribution in [0.15, 0.2) is 12.4 Å². The van der Waals surface area contributed by atoms with Gasteiger partial charge in [-0.05, 0) is 46.6 Å². The van der Waals surface area contributed by atoms with E-state index in [1.54, 1.807) is 12.4 Å². The van der Waals surface area contributed by atoms with Crippen LogP contribution in [-0.2, 0) is 13.5 Å². The average Bonchev–Trinajstić information content (AvgIpc) is 2.65. The molecule has 6 heteroatoms. The molecular formula is C16H25N5O. The summed E-state index contributed by atoms with van der Waals surface area (Å²) in [5.74, 6) is 1.27. The summed E-state index contributed by atoms with van der Waals surface area (Å²) >= 11 is 0. The number of rotatable bonds is 6. The fourth-order valence-electron chi connectivity index (χ4n) is 2.44. The molecule has 0 bridgehead atoms. The highest BCUT2D eigenvalue weighted by atomic mass is 16.5. The van der Waals surface area contributed by atoms with Gasteiger partial charge in [0, 0.05) is 18.8 Å². The summed E-state index contributed by atoms with van der Waals surface area (Å²) in [6.45, 7) is 10.2. The maximum atomic E-state index is 5.57. The molecule has 1 atom stereocenters. The minimum absolute atomic E-state index is 0.0858. The van der Waals surface area contributed by atoms with E-state index in [9.17, 15) is 0 Å². The highest BCUT2D eigenvalue weighted by Crippen LogP contribution is 2.17. The van der Waals surface area contributed by atoms with E-state index in [0.717, 1.165) is 17.9 Å². The van der Waals surface area contributed by atoms with Gasteiger partial charge in [-0.25, -0.2) is 0 Å². The Morgan fingerprint density at radius 3 is 2.55 bits per heavy atom. The van der Waals surface area contributed by atoms with Crippen LogP contribution in [0.3, 0.4) is 0 Å². The Labute approximate surface area is 131 Å². The fraction of sp³-hybridized carbons (Fsp3) is 0.562. The van der Waals surface area contributed by atoms with Crippen molar-refractivity contribution in [1.82, 2.24) is 19.7 Å². The molecule has 2 aromatic rings. The third-order valence-electron chi connectivity index (χ3n) is 3.53.